The van der Waals surface area contributed by atoms with Crippen molar-refractivity contribution < 1.29 is 4.79 Å². The van der Waals surface area contributed by atoms with Crippen LogP contribution in [0.15, 0.2) is 24.3 Å². The van der Waals surface area contributed by atoms with Crippen LogP contribution in [0.5, 0.6) is 0 Å². The van der Waals surface area contributed by atoms with Crippen molar-refractivity contribution in [2.24, 2.45) is 0 Å². The van der Waals surface area contributed by atoms with Gasteiger partial charge in [0.1, 0.15) is 0 Å². The van der Waals surface area contributed by atoms with Gasteiger partial charge in [0.05, 0.1) is 0 Å². The van der Waals surface area contributed by atoms with Gasteiger partial charge < -0.3 is 10.2 Å². The monoisotopic (exact) mass is 266 g/mol. The second-order valence-corrected chi connectivity index (χ2v) is 5.79. The number of carbonyl (C=O) groups is 1. The lowest BCUT2D eigenvalue weighted by atomic mass is 10.0. The molecular weight excluding hydrogens is 248 g/mol. The second-order valence-electron chi connectivity index (χ2n) is 5.36. The van der Waals surface area contributed by atoms with Gasteiger partial charge in [-0.25, -0.2) is 4.79 Å². The topological polar surface area (TPSA) is 32.3 Å². The van der Waals surface area contributed by atoms with Crippen LogP contribution < -0.4 is 5.32 Å². The number of hydrogen-bond acceptors (Lipinski definition) is 1. The van der Waals surface area contributed by atoms with Crippen molar-refractivity contribution in [3.63, 3.8) is 0 Å². The first-order valence-electron chi connectivity index (χ1n) is 6.29. The smallest absolute Gasteiger partial charge is 0.318 e. The van der Waals surface area contributed by atoms with Crippen molar-refractivity contribution in [3.8, 4) is 0 Å². The molecule has 18 heavy (non-hydrogen) atoms. The van der Waals surface area contributed by atoms with E-state index in [2.05, 4.69) is 19.2 Å². The molecule has 4 heteroatoms. The van der Waals surface area contributed by atoms with Crippen molar-refractivity contribution in [3.05, 3.63) is 34.9 Å². The van der Waals surface area contributed by atoms with E-state index in [0.717, 1.165) is 24.9 Å². The van der Waals surface area contributed by atoms with Crippen LogP contribution in [0.1, 0.15) is 32.3 Å². The van der Waals surface area contributed by atoms with Gasteiger partial charge in [0, 0.05) is 23.7 Å². The fraction of sp³-hybridized carbons (Fsp3) is 0.500. The SMILES string of the molecule is CC1(C)CCCN1C(=O)NCc1cccc(Cl)c1. The van der Waals surface area contributed by atoms with Gasteiger partial charge in [0.2, 0.25) is 0 Å². The van der Waals surface area contributed by atoms with E-state index in [9.17, 15) is 4.79 Å². The molecule has 1 aliphatic rings. The van der Waals surface area contributed by atoms with Crippen LogP contribution in [-0.2, 0) is 6.54 Å². The number of halogens is 1. The Bertz CT molecular complexity index is 445. The molecule has 1 aliphatic heterocycles. The average Bonchev–Trinajstić information content (AvgIpc) is 2.66. The Morgan fingerprint density at radius 3 is 2.89 bits per heavy atom. The Morgan fingerprint density at radius 1 is 1.50 bits per heavy atom. The maximum Gasteiger partial charge on any atom is 0.318 e. The molecular formula is C14H19ClN2O. The lowest BCUT2D eigenvalue weighted by molar-refractivity contribution is 0.165. The lowest BCUT2D eigenvalue weighted by Gasteiger charge is -2.31. The van der Waals surface area contributed by atoms with Crippen molar-refractivity contribution >= 4 is 17.6 Å². The summed E-state index contributed by atoms with van der Waals surface area (Å²) in [6.07, 6.45) is 2.15. The predicted octanol–water partition coefficient (Wildman–Crippen LogP) is 3.42. The van der Waals surface area contributed by atoms with Gasteiger partial charge in [-0.3, -0.25) is 0 Å². The van der Waals surface area contributed by atoms with Gasteiger partial charge in [-0.05, 0) is 44.4 Å². The molecule has 98 valence electrons. The Kier molecular flexibility index (Phi) is 3.81. The average molecular weight is 267 g/mol. The third-order valence-electron chi connectivity index (χ3n) is 3.48. The minimum atomic E-state index is -0.0293. The third-order valence-corrected chi connectivity index (χ3v) is 3.71. The van der Waals surface area contributed by atoms with Crippen LogP contribution in [-0.4, -0.2) is 23.0 Å². The van der Waals surface area contributed by atoms with Crippen molar-refractivity contribution in [1.29, 1.82) is 0 Å². The zero-order valence-electron chi connectivity index (χ0n) is 10.9. The molecule has 0 bridgehead atoms. The van der Waals surface area contributed by atoms with E-state index in [1.807, 2.05) is 29.2 Å². The Hall–Kier alpha value is -1.22. The summed E-state index contributed by atoms with van der Waals surface area (Å²) in [4.78, 5) is 14.0. The van der Waals surface area contributed by atoms with Crippen LogP contribution in [0.4, 0.5) is 4.79 Å². The molecule has 0 spiro atoms. The van der Waals surface area contributed by atoms with Gasteiger partial charge in [-0.2, -0.15) is 0 Å². The highest BCUT2D eigenvalue weighted by Crippen LogP contribution is 2.27. The second kappa shape index (κ2) is 5.19. The first-order valence-corrected chi connectivity index (χ1v) is 6.67. The van der Waals surface area contributed by atoms with E-state index in [1.165, 1.54) is 0 Å². The molecule has 0 atom stereocenters. The summed E-state index contributed by atoms with van der Waals surface area (Å²) in [6, 6.07) is 7.57. The molecule has 0 aromatic heterocycles. The van der Waals surface area contributed by atoms with E-state index >= 15 is 0 Å². The zero-order valence-corrected chi connectivity index (χ0v) is 11.6. The first-order chi connectivity index (χ1) is 8.49. The molecule has 1 aromatic carbocycles. The molecule has 0 radical (unpaired) electrons. The largest absolute Gasteiger partial charge is 0.334 e. The summed E-state index contributed by atoms with van der Waals surface area (Å²) in [5, 5.41) is 3.65. The number of carbonyl (C=O) groups excluding carboxylic acids is 1. The Morgan fingerprint density at radius 2 is 2.28 bits per heavy atom. The van der Waals surface area contributed by atoms with Crippen LogP contribution in [0.25, 0.3) is 0 Å². The number of rotatable bonds is 2. The summed E-state index contributed by atoms with van der Waals surface area (Å²) in [5.74, 6) is 0. The maximum atomic E-state index is 12.1. The van der Waals surface area contributed by atoms with Gasteiger partial charge in [0.25, 0.3) is 0 Å². The molecule has 1 N–H and O–H groups in total. The quantitative estimate of drug-likeness (QED) is 0.874. The number of nitrogens with one attached hydrogen (secondary N) is 1. The normalized spacial score (nSPS) is 17.8. The molecule has 0 aliphatic carbocycles. The molecule has 2 amide bonds. The highest BCUT2D eigenvalue weighted by molar-refractivity contribution is 6.30. The van der Waals surface area contributed by atoms with Crippen LogP contribution >= 0.6 is 11.6 Å². The van der Waals surface area contributed by atoms with E-state index in [1.54, 1.807) is 0 Å². The van der Waals surface area contributed by atoms with E-state index in [4.69, 9.17) is 11.6 Å². The minimum absolute atomic E-state index is 0.0116. The molecule has 1 saturated heterocycles. The van der Waals surface area contributed by atoms with E-state index in [-0.39, 0.29) is 11.6 Å². The van der Waals surface area contributed by atoms with Gasteiger partial charge in [-0.1, -0.05) is 23.7 Å². The van der Waals surface area contributed by atoms with Gasteiger partial charge >= 0.3 is 6.03 Å². The molecule has 2 rings (SSSR count). The summed E-state index contributed by atoms with van der Waals surface area (Å²) < 4.78 is 0. The fourth-order valence-electron chi connectivity index (χ4n) is 2.40. The number of nitrogens with zero attached hydrogens (tertiary/aromatic N) is 1. The maximum absolute atomic E-state index is 12.1. The van der Waals surface area contributed by atoms with Gasteiger partial charge in [0.15, 0.2) is 0 Å². The number of benzene rings is 1. The highest BCUT2D eigenvalue weighted by atomic mass is 35.5. The minimum Gasteiger partial charge on any atom is -0.334 e. The predicted molar refractivity (Wildman–Crippen MR) is 73.7 cm³/mol. The van der Waals surface area contributed by atoms with Crippen LogP contribution in [0.3, 0.4) is 0 Å². The Labute approximate surface area is 113 Å². The molecule has 0 unspecified atom stereocenters. The molecule has 0 saturated carbocycles. The summed E-state index contributed by atoms with van der Waals surface area (Å²) in [5.41, 5.74) is 0.992. The number of amides is 2. The van der Waals surface area contributed by atoms with E-state index < -0.39 is 0 Å². The van der Waals surface area contributed by atoms with Crippen molar-refractivity contribution in [2.45, 2.75) is 38.8 Å². The first kappa shape index (κ1) is 13.2. The summed E-state index contributed by atoms with van der Waals surface area (Å²) >= 11 is 5.91. The van der Waals surface area contributed by atoms with Crippen molar-refractivity contribution in [1.82, 2.24) is 10.2 Å². The summed E-state index contributed by atoms with van der Waals surface area (Å²) in [6.45, 7) is 5.58. The molecule has 1 heterocycles. The Balaban J connectivity index is 1.93. The number of likely N-dealkylation sites (tertiary alicyclic amines) is 1. The van der Waals surface area contributed by atoms with E-state index in [0.29, 0.717) is 11.6 Å². The number of hydrogen-bond donors (Lipinski definition) is 1. The summed E-state index contributed by atoms with van der Waals surface area (Å²) in [7, 11) is 0. The standard InChI is InChI=1S/C14H19ClN2O/c1-14(2)7-4-8-17(14)13(18)16-10-11-5-3-6-12(15)9-11/h3,5-6,9H,4,7-8,10H2,1-2H3,(H,16,18). The lowest BCUT2D eigenvalue weighted by Crippen LogP contribution is -2.47. The molecule has 3 nitrogen and oxygen atoms in total. The van der Waals surface area contributed by atoms with Crippen molar-refractivity contribution in [2.75, 3.05) is 6.54 Å². The third kappa shape index (κ3) is 2.96. The molecule has 1 aromatic rings. The molecule has 1 fully saturated rings. The van der Waals surface area contributed by atoms with Gasteiger partial charge in [-0.15, -0.1) is 0 Å². The fourth-order valence-corrected chi connectivity index (χ4v) is 2.62. The zero-order chi connectivity index (χ0) is 13.2. The van der Waals surface area contributed by atoms with Crippen LogP contribution in [0.2, 0.25) is 5.02 Å². The highest BCUT2D eigenvalue weighted by Gasteiger charge is 2.35. The number of urea groups is 1. The van der Waals surface area contributed by atoms with Crippen LogP contribution in [0, 0.1) is 0 Å².